The van der Waals surface area contributed by atoms with Crippen molar-refractivity contribution in [1.82, 2.24) is 15.0 Å². The van der Waals surface area contributed by atoms with E-state index in [1.807, 2.05) is 0 Å². The van der Waals surface area contributed by atoms with Crippen molar-refractivity contribution in [3.05, 3.63) is 46.9 Å². The van der Waals surface area contributed by atoms with E-state index in [0.29, 0.717) is 5.52 Å². The molecular formula is C13H9N5O3. The average molecular weight is 283 g/mol. The molecule has 21 heavy (non-hydrogen) atoms. The summed E-state index contributed by atoms with van der Waals surface area (Å²) < 4.78 is 0. The molecular weight excluding hydrogens is 274 g/mol. The molecule has 0 aliphatic heterocycles. The number of nitrogens with one attached hydrogen (secondary N) is 1. The van der Waals surface area contributed by atoms with Crippen molar-refractivity contribution in [2.45, 2.75) is 0 Å². The van der Waals surface area contributed by atoms with Crippen LogP contribution in [0.25, 0.3) is 10.9 Å². The van der Waals surface area contributed by atoms with E-state index in [4.69, 9.17) is 0 Å². The fraction of sp³-hybridized carbons (Fsp3) is 0. The summed E-state index contributed by atoms with van der Waals surface area (Å²) >= 11 is 0. The summed E-state index contributed by atoms with van der Waals surface area (Å²) in [5.41, 5.74) is 0.0133. The lowest BCUT2D eigenvalue weighted by Gasteiger charge is -2.01. The minimum Gasteiger partial charge on any atom is -0.504 e. The van der Waals surface area contributed by atoms with Crippen LogP contribution in [0.3, 0.4) is 0 Å². The molecule has 3 rings (SSSR count). The summed E-state index contributed by atoms with van der Waals surface area (Å²) in [7, 11) is 0. The van der Waals surface area contributed by atoms with Crippen molar-refractivity contribution in [2.24, 2.45) is 10.2 Å². The maximum Gasteiger partial charge on any atom is 0.256 e. The number of phenolic OH excluding ortho intramolecular Hbond substituents is 1. The van der Waals surface area contributed by atoms with Crippen molar-refractivity contribution in [3.8, 4) is 11.6 Å². The topological polar surface area (TPSA) is 124 Å². The van der Waals surface area contributed by atoms with Gasteiger partial charge in [-0.25, -0.2) is 0 Å². The number of phenols is 1. The van der Waals surface area contributed by atoms with Gasteiger partial charge in [-0.2, -0.15) is 4.98 Å². The van der Waals surface area contributed by atoms with Crippen molar-refractivity contribution in [2.75, 3.05) is 0 Å². The maximum atomic E-state index is 11.1. The number of rotatable bonds is 2. The molecule has 8 heteroatoms. The van der Waals surface area contributed by atoms with Crippen molar-refractivity contribution >= 4 is 22.5 Å². The summed E-state index contributed by atoms with van der Waals surface area (Å²) in [5, 5.41) is 27.5. The van der Waals surface area contributed by atoms with E-state index in [2.05, 4.69) is 25.2 Å². The Morgan fingerprint density at radius 3 is 2.81 bits per heavy atom. The molecule has 1 aromatic carbocycles. The molecule has 0 unspecified atom stereocenters. The second kappa shape index (κ2) is 5.00. The van der Waals surface area contributed by atoms with Gasteiger partial charge in [-0.15, -0.1) is 10.2 Å². The molecule has 0 aliphatic rings. The predicted octanol–water partition coefficient (Wildman–Crippen LogP) is 2.14. The maximum absolute atomic E-state index is 11.1. The first-order valence-corrected chi connectivity index (χ1v) is 5.92. The molecule has 0 radical (unpaired) electrons. The van der Waals surface area contributed by atoms with Crippen LogP contribution in [0.1, 0.15) is 0 Å². The molecule has 3 N–H and O–H groups in total. The van der Waals surface area contributed by atoms with E-state index in [1.54, 1.807) is 30.5 Å². The summed E-state index contributed by atoms with van der Waals surface area (Å²) in [4.78, 5) is 21.1. The largest absolute Gasteiger partial charge is 0.504 e. The SMILES string of the molecule is O=c1cc(O)nc(N=Nc2ccc3cccnc3c2O)[nH]1. The Labute approximate surface area is 117 Å². The molecule has 2 heterocycles. The molecule has 0 atom stereocenters. The molecule has 3 aromatic rings. The molecule has 0 spiro atoms. The monoisotopic (exact) mass is 283 g/mol. The number of hydrogen-bond donors (Lipinski definition) is 3. The minimum absolute atomic E-state index is 0.126. The average Bonchev–Trinajstić information content (AvgIpc) is 2.46. The summed E-state index contributed by atoms with van der Waals surface area (Å²) in [5.74, 6) is -0.753. The number of azo groups is 1. The van der Waals surface area contributed by atoms with Gasteiger partial charge in [0.25, 0.3) is 11.5 Å². The number of aromatic amines is 1. The Balaban J connectivity index is 2.03. The first kappa shape index (κ1) is 12.7. The van der Waals surface area contributed by atoms with Gasteiger partial charge in [0, 0.05) is 11.6 Å². The van der Waals surface area contributed by atoms with Gasteiger partial charge >= 0.3 is 0 Å². The Morgan fingerprint density at radius 2 is 2.00 bits per heavy atom. The Kier molecular flexibility index (Phi) is 3.03. The highest BCUT2D eigenvalue weighted by Gasteiger charge is 2.07. The lowest BCUT2D eigenvalue weighted by Crippen LogP contribution is -2.03. The normalized spacial score (nSPS) is 11.2. The van der Waals surface area contributed by atoms with E-state index in [-0.39, 0.29) is 17.4 Å². The second-order valence-corrected chi connectivity index (χ2v) is 4.14. The Morgan fingerprint density at radius 1 is 1.14 bits per heavy atom. The number of hydrogen-bond acceptors (Lipinski definition) is 7. The number of aromatic nitrogens is 3. The van der Waals surface area contributed by atoms with Crippen LogP contribution in [-0.4, -0.2) is 25.2 Å². The molecule has 8 nitrogen and oxygen atoms in total. The van der Waals surface area contributed by atoms with Crippen LogP contribution in [0.4, 0.5) is 11.6 Å². The van der Waals surface area contributed by atoms with Gasteiger partial charge in [0.05, 0.1) is 6.07 Å². The third kappa shape index (κ3) is 2.54. The van der Waals surface area contributed by atoms with E-state index in [9.17, 15) is 15.0 Å². The first-order valence-electron chi connectivity index (χ1n) is 5.92. The highest BCUT2D eigenvalue weighted by Crippen LogP contribution is 2.33. The van der Waals surface area contributed by atoms with E-state index in [1.165, 1.54) is 0 Å². The predicted molar refractivity (Wildman–Crippen MR) is 74.1 cm³/mol. The fourth-order valence-corrected chi connectivity index (χ4v) is 1.78. The highest BCUT2D eigenvalue weighted by atomic mass is 16.3. The van der Waals surface area contributed by atoms with Gasteiger partial charge in [0.1, 0.15) is 11.2 Å². The standard InChI is InChI=1S/C13H9N5O3/c19-9-6-10(20)16-13(15-9)18-17-8-4-3-7-2-1-5-14-11(7)12(8)21/h1-6,21H,(H2,15,16,19,20). The molecule has 2 aromatic heterocycles. The molecule has 0 aliphatic carbocycles. The molecule has 0 amide bonds. The Hall–Kier alpha value is -3.29. The fourth-order valence-electron chi connectivity index (χ4n) is 1.78. The van der Waals surface area contributed by atoms with Crippen LogP contribution < -0.4 is 5.56 Å². The number of pyridine rings is 1. The minimum atomic E-state index is -0.555. The van der Waals surface area contributed by atoms with Crippen LogP contribution in [0.2, 0.25) is 0 Å². The van der Waals surface area contributed by atoms with E-state index < -0.39 is 11.4 Å². The third-order valence-corrected chi connectivity index (χ3v) is 2.69. The molecule has 0 fully saturated rings. The van der Waals surface area contributed by atoms with Crippen molar-refractivity contribution in [3.63, 3.8) is 0 Å². The Bertz CT molecular complexity index is 904. The number of aromatic hydroxyl groups is 2. The van der Waals surface area contributed by atoms with Gasteiger partial charge in [-0.05, 0) is 12.1 Å². The molecule has 0 bridgehead atoms. The van der Waals surface area contributed by atoms with Crippen LogP contribution in [0.5, 0.6) is 11.6 Å². The zero-order valence-electron chi connectivity index (χ0n) is 10.6. The van der Waals surface area contributed by atoms with E-state index in [0.717, 1.165) is 11.5 Å². The van der Waals surface area contributed by atoms with Crippen LogP contribution in [-0.2, 0) is 0 Å². The van der Waals surface area contributed by atoms with Crippen molar-refractivity contribution < 1.29 is 10.2 Å². The third-order valence-electron chi connectivity index (χ3n) is 2.69. The van der Waals surface area contributed by atoms with Gasteiger partial charge in [0.15, 0.2) is 5.75 Å². The van der Waals surface area contributed by atoms with Crippen LogP contribution >= 0.6 is 0 Å². The van der Waals surface area contributed by atoms with Gasteiger partial charge in [0.2, 0.25) is 5.88 Å². The first-order chi connectivity index (χ1) is 10.1. The number of nitrogens with zero attached hydrogens (tertiary/aromatic N) is 4. The lowest BCUT2D eigenvalue weighted by molar-refractivity contribution is 0.451. The van der Waals surface area contributed by atoms with Gasteiger partial charge in [-0.1, -0.05) is 12.1 Å². The van der Waals surface area contributed by atoms with E-state index >= 15 is 0 Å². The van der Waals surface area contributed by atoms with Crippen LogP contribution in [0.15, 0.2) is 51.6 Å². The molecule has 104 valence electrons. The number of H-pyrrole nitrogens is 1. The zero-order valence-corrected chi connectivity index (χ0v) is 10.6. The number of benzene rings is 1. The summed E-state index contributed by atoms with van der Waals surface area (Å²) in [6.07, 6.45) is 1.55. The van der Waals surface area contributed by atoms with Gasteiger partial charge < -0.3 is 10.2 Å². The quantitative estimate of drug-likeness (QED) is 0.621. The summed E-state index contributed by atoms with van der Waals surface area (Å²) in [6, 6.07) is 7.76. The summed E-state index contributed by atoms with van der Waals surface area (Å²) in [6.45, 7) is 0. The zero-order chi connectivity index (χ0) is 14.8. The number of fused-ring (bicyclic) bond motifs is 1. The second-order valence-electron chi connectivity index (χ2n) is 4.14. The van der Waals surface area contributed by atoms with Gasteiger partial charge in [-0.3, -0.25) is 14.8 Å². The lowest BCUT2D eigenvalue weighted by atomic mass is 10.2. The molecule has 0 saturated heterocycles. The van der Waals surface area contributed by atoms with Crippen molar-refractivity contribution in [1.29, 1.82) is 0 Å². The molecule has 0 saturated carbocycles. The smallest absolute Gasteiger partial charge is 0.256 e. The van der Waals surface area contributed by atoms with Crippen LogP contribution in [0, 0.1) is 0 Å². The highest BCUT2D eigenvalue weighted by molar-refractivity contribution is 5.88.